The van der Waals surface area contributed by atoms with Gasteiger partial charge in [-0.1, -0.05) is 18.2 Å². The summed E-state index contributed by atoms with van der Waals surface area (Å²) in [5.41, 5.74) is 2.10. The fourth-order valence-electron chi connectivity index (χ4n) is 2.37. The molecule has 0 aliphatic carbocycles. The number of ether oxygens (including phenoxy) is 2. The number of hydrogen-bond acceptors (Lipinski definition) is 5. The van der Waals surface area contributed by atoms with E-state index in [1.54, 1.807) is 6.92 Å². The van der Waals surface area contributed by atoms with Crippen LogP contribution in [0.1, 0.15) is 27.3 Å². The Kier molecular flexibility index (Phi) is 4.52. The van der Waals surface area contributed by atoms with Crippen molar-refractivity contribution in [2.24, 2.45) is 0 Å². The number of aromatic carboxylic acids is 1. The molecule has 6 heteroatoms. The van der Waals surface area contributed by atoms with Crippen LogP contribution in [0.3, 0.4) is 0 Å². The van der Waals surface area contributed by atoms with E-state index in [0.29, 0.717) is 18.1 Å². The van der Waals surface area contributed by atoms with E-state index in [1.165, 1.54) is 11.3 Å². The van der Waals surface area contributed by atoms with Crippen molar-refractivity contribution in [1.82, 2.24) is 4.98 Å². The minimum atomic E-state index is -0.985. The van der Waals surface area contributed by atoms with Gasteiger partial charge in [0.1, 0.15) is 5.01 Å². The van der Waals surface area contributed by atoms with Gasteiger partial charge in [0.15, 0.2) is 5.69 Å². The van der Waals surface area contributed by atoms with Gasteiger partial charge in [-0.3, -0.25) is 0 Å². The second-order valence-corrected chi connectivity index (χ2v) is 6.43. The third kappa shape index (κ3) is 3.35. The molecule has 5 nitrogen and oxygen atoms in total. The maximum atomic E-state index is 11.1. The molecule has 3 rings (SSSR count). The van der Waals surface area contributed by atoms with E-state index in [4.69, 9.17) is 14.6 Å². The van der Waals surface area contributed by atoms with Crippen LogP contribution in [0.5, 0.6) is 0 Å². The van der Waals surface area contributed by atoms with Crippen LogP contribution in [-0.4, -0.2) is 35.4 Å². The van der Waals surface area contributed by atoms with Crippen LogP contribution in [0.25, 0.3) is 10.6 Å². The third-order valence-corrected chi connectivity index (χ3v) is 4.57. The lowest BCUT2D eigenvalue weighted by molar-refractivity contribution is 0.0318. The molecule has 0 radical (unpaired) electrons. The Hall–Kier alpha value is -1.76. The Morgan fingerprint density at radius 1 is 1.55 bits per heavy atom. The molecule has 1 unspecified atom stereocenters. The number of aryl methyl sites for hydroxylation is 1. The molecule has 1 N–H and O–H groups in total. The van der Waals surface area contributed by atoms with Gasteiger partial charge in [0, 0.05) is 17.0 Å². The Morgan fingerprint density at radius 2 is 2.41 bits per heavy atom. The molecule has 1 aromatic heterocycles. The van der Waals surface area contributed by atoms with Crippen LogP contribution in [0.4, 0.5) is 0 Å². The van der Waals surface area contributed by atoms with Crippen molar-refractivity contribution in [3.05, 3.63) is 40.4 Å². The summed E-state index contributed by atoms with van der Waals surface area (Å²) in [6.45, 7) is 3.73. The molecule has 0 spiro atoms. The zero-order valence-electron chi connectivity index (χ0n) is 12.2. The van der Waals surface area contributed by atoms with Gasteiger partial charge in [-0.25, -0.2) is 9.78 Å². The van der Waals surface area contributed by atoms with E-state index in [0.717, 1.165) is 29.2 Å². The fourth-order valence-corrected chi connectivity index (χ4v) is 3.27. The smallest absolute Gasteiger partial charge is 0.355 e. The molecule has 1 saturated heterocycles. The SMILES string of the molecule is Cc1sc(-c2cccc(COC3CCOC3)c2)nc1C(=O)O. The zero-order chi connectivity index (χ0) is 15.5. The quantitative estimate of drug-likeness (QED) is 0.917. The molecule has 22 heavy (non-hydrogen) atoms. The standard InChI is InChI=1S/C16H17NO4S/c1-10-14(16(18)19)17-15(22-10)12-4-2-3-11(7-12)8-21-13-5-6-20-9-13/h2-4,7,13H,5-6,8-9H2,1H3,(H,18,19). The number of thiazole rings is 1. The molecule has 116 valence electrons. The summed E-state index contributed by atoms with van der Waals surface area (Å²) >= 11 is 1.40. The lowest BCUT2D eigenvalue weighted by Gasteiger charge is -2.10. The minimum Gasteiger partial charge on any atom is -0.476 e. The van der Waals surface area contributed by atoms with E-state index in [2.05, 4.69) is 4.98 Å². The molecular weight excluding hydrogens is 302 g/mol. The molecule has 1 aliphatic heterocycles. The third-order valence-electron chi connectivity index (χ3n) is 3.55. The van der Waals surface area contributed by atoms with E-state index in [-0.39, 0.29) is 11.8 Å². The summed E-state index contributed by atoms with van der Waals surface area (Å²) in [4.78, 5) is 16.0. The number of benzene rings is 1. The molecule has 1 aliphatic rings. The summed E-state index contributed by atoms with van der Waals surface area (Å²) in [7, 11) is 0. The average molecular weight is 319 g/mol. The first kappa shape index (κ1) is 15.1. The van der Waals surface area contributed by atoms with Crippen LogP contribution in [0.2, 0.25) is 0 Å². The van der Waals surface area contributed by atoms with Gasteiger partial charge in [-0.05, 0) is 25.0 Å². The number of aromatic nitrogens is 1. The van der Waals surface area contributed by atoms with Gasteiger partial charge in [0.05, 0.1) is 19.3 Å². The summed E-state index contributed by atoms with van der Waals surface area (Å²) in [6, 6.07) is 7.88. The lowest BCUT2D eigenvalue weighted by atomic mass is 10.1. The van der Waals surface area contributed by atoms with Crippen LogP contribution in [0.15, 0.2) is 24.3 Å². The van der Waals surface area contributed by atoms with Crippen molar-refractivity contribution in [2.45, 2.75) is 26.1 Å². The minimum absolute atomic E-state index is 0.129. The van der Waals surface area contributed by atoms with Crippen LogP contribution in [-0.2, 0) is 16.1 Å². The van der Waals surface area contributed by atoms with E-state index < -0.39 is 5.97 Å². The van der Waals surface area contributed by atoms with Crippen LogP contribution in [0, 0.1) is 6.92 Å². The lowest BCUT2D eigenvalue weighted by Crippen LogP contribution is -2.11. The molecule has 2 heterocycles. The highest BCUT2D eigenvalue weighted by Gasteiger charge is 2.17. The maximum Gasteiger partial charge on any atom is 0.355 e. The largest absolute Gasteiger partial charge is 0.476 e. The van der Waals surface area contributed by atoms with Crippen molar-refractivity contribution in [1.29, 1.82) is 0 Å². The maximum absolute atomic E-state index is 11.1. The Balaban J connectivity index is 1.75. The Labute approximate surface area is 132 Å². The number of carbonyl (C=O) groups is 1. The van der Waals surface area contributed by atoms with Crippen LogP contribution >= 0.6 is 11.3 Å². The molecule has 2 aromatic rings. The number of nitrogens with zero attached hydrogens (tertiary/aromatic N) is 1. The average Bonchev–Trinajstić information content (AvgIpc) is 3.14. The van der Waals surface area contributed by atoms with E-state index >= 15 is 0 Å². The van der Waals surface area contributed by atoms with Crippen LogP contribution < -0.4 is 0 Å². The van der Waals surface area contributed by atoms with Gasteiger partial charge < -0.3 is 14.6 Å². The first-order chi connectivity index (χ1) is 10.6. The molecular formula is C16H17NO4S. The normalized spacial score (nSPS) is 17.8. The van der Waals surface area contributed by atoms with Gasteiger partial charge in [-0.2, -0.15) is 0 Å². The molecule has 0 bridgehead atoms. The number of hydrogen-bond donors (Lipinski definition) is 1. The van der Waals surface area contributed by atoms with Crippen molar-refractivity contribution in [3.8, 4) is 10.6 Å². The van der Waals surface area contributed by atoms with Crippen molar-refractivity contribution in [2.75, 3.05) is 13.2 Å². The second-order valence-electron chi connectivity index (χ2n) is 5.23. The molecule has 1 fully saturated rings. The topological polar surface area (TPSA) is 68.7 Å². The monoisotopic (exact) mass is 319 g/mol. The van der Waals surface area contributed by atoms with Crippen molar-refractivity contribution < 1.29 is 19.4 Å². The molecule has 0 amide bonds. The number of carboxylic acids is 1. The fraction of sp³-hybridized carbons (Fsp3) is 0.375. The summed E-state index contributed by atoms with van der Waals surface area (Å²) in [6.07, 6.45) is 1.11. The molecule has 1 aromatic carbocycles. The highest BCUT2D eigenvalue weighted by atomic mass is 32.1. The Bertz CT molecular complexity index is 677. The zero-order valence-corrected chi connectivity index (χ0v) is 13.1. The summed E-state index contributed by atoms with van der Waals surface area (Å²) in [5, 5.41) is 9.82. The Morgan fingerprint density at radius 3 is 3.09 bits per heavy atom. The van der Waals surface area contributed by atoms with Crippen molar-refractivity contribution >= 4 is 17.3 Å². The highest BCUT2D eigenvalue weighted by molar-refractivity contribution is 7.15. The van der Waals surface area contributed by atoms with Gasteiger partial charge in [-0.15, -0.1) is 11.3 Å². The van der Waals surface area contributed by atoms with Gasteiger partial charge in [0.25, 0.3) is 0 Å². The summed E-state index contributed by atoms with van der Waals surface area (Å²) in [5.74, 6) is -0.985. The van der Waals surface area contributed by atoms with Crippen molar-refractivity contribution in [3.63, 3.8) is 0 Å². The van der Waals surface area contributed by atoms with Gasteiger partial charge in [0.2, 0.25) is 0 Å². The van der Waals surface area contributed by atoms with Gasteiger partial charge >= 0.3 is 5.97 Å². The second kappa shape index (κ2) is 6.56. The summed E-state index contributed by atoms with van der Waals surface area (Å²) < 4.78 is 11.1. The molecule has 1 atom stereocenters. The van der Waals surface area contributed by atoms with E-state index in [1.807, 2.05) is 24.3 Å². The first-order valence-electron chi connectivity index (χ1n) is 7.13. The predicted octanol–water partition coefficient (Wildman–Crippen LogP) is 3.12. The van der Waals surface area contributed by atoms with E-state index in [9.17, 15) is 4.79 Å². The first-order valence-corrected chi connectivity index (χ1v) is 7.94. The number of rotatable bonds is 5. The number of carboxylic acid groups (broad SMARTS) is 1. The highest BCUT2D eigenvalue weighted by Crippen LogP contribution is 2.28. The predicted molar refractivity (Wildman–Crippen MR) is 83.3 cm³/mol. The molecule has 0 saturated carbocycles.